The van der Waals surface area contributed by atoms with Gasteiger partial charge in [0.15, 0.2) is 17.3 Å². The van der Waals surface area contributed by atoms with Gasteiger partial charge in [-0.25, -0.2) is 0 Å². The van der Waals surface area contributed by atoms with Gasteiger partial charge in [-0.2, -0.15) is 15.0 Å². The summed E-state index contributed by atoms with van der Waals surface area (Å²) in [6, 6.07) is 6.27. The Bertz CT molecular complexity index is 837. The molecule has 150 valence electrons. The molecule has 1 aromatic carbocycles. The monoisotopic (exact) mass is 385 g/mol. The topological polar surface area (TPSA) is 92.9 Å². The first-order valence-corrected chi connectivity index (χ1v) is 9.53. The third kappa shape index (κ3) is 3.95. The van der Waals surface area contributed by atoms with E-state index in [-0.39, 0.29) is 12.0 Å². The number of rotatable bonds is 5. The maximum absolute atomic E-state index is 5.88. The van der Waals surface area contributed by atoms with Gasteiger partial charge in [-0.15, -0.1) is 0 Å². The second-order valence-electron chi connectivity index (χ2n) is 7.42. The molecule has 1 saturated heterocycles. The van der Waals surface area contributed by atoms with Gasteiger partial charge in [0, 0.05) is 46.8 Å². The van der Waals surface area contributed by atoms with E-state index in [1.54, 1.807) is 0 Å². The molecular formula is C19H27N7O2. The van der Waals surface area contributed by atoms with Crippen LogP contribution in [0.2, 0.25) is 0 Å². The van der Waals surface area contributed by atoms with Crippen LogP contribution in [0.4, 0.5) is 11.9 Å². The molecule has 0 amide bonds. The highest BCUT2D eigenvalue weighted by Gasteiger charge is 2.25. The smallest absolute Gasteiger partial charge is 0.231 e. The highest BCUT2D eigenvalue weighted by Crippen LogP contribution is 2.33. The summed E-state index contributed by atoms with van der Waals surface area (Å²) in [6.07, 6.45) is 0. The molecule has 0 radical (unpaired) electrons. The van der Waals surface area contributed by atoms with Crippen LogP contribution in [0.1, 0.15) is 24.4 Å². The zero-order chi connectivity index (χ0) is 19.7. The van der Waals surface area contributed by atoms with Crippen molar-refractivity contribution in [1.29, 1.82) is 0 Å². The SMILES string of the molecule is C[C@H](c1nc(N)nc(N(C)C)n1)N1CCN(Cc2ccc3c(c2)OCO3)CC1. The molecule has 0 saturated carbocycles. The lowest BCUT2D eigenvalue weighted by Gasteiger charge is -2.37. The molecular weight excluding hydrogens is 358 g/mol. The van der Waals surface area contributed by atoms with E-state index in [1.165, 1.54) is 5.56 Å². The summed E-state index contributed by atoms with van der Waals surface area (Å²) in [6.45, 7) is 7.22. The van der Waals surface area contributed by atoms with E-state index < -0.39 is 0 Å². The van der Waals surface area contributed by atoms with Gasteiger partial charge in [0.05, 0.1) is 6.04 Å². The minimum absolute atomic E-state index is 0.0942. The quantitative estimate of drug-likeness (QED) is 0.813. The zero-order valence-electron chi connectivity index (χ0n) is 16.6. The van der Waals surface area contributed by atoms with E-state index >= 15 is 0 Å². The van der Waals surface area contributed by atoms with Gasteiger partial charge in [0.25, 0.3) is 0 Å². The summed E-state index contributed by atoms with van der Waals surface area (Å²) < 4.78 is 10.9. The van der Waals surface area contributed by atoms with Crippen molar-refractivity contribution in [2.75, 3.05) is 57.7 Å². The van der Waals surface area contributed by atoms with Crippen molar-refractivity contribution in [1.82, 2.24) is 24.8 Å². The van der Waals surface area contributed by atoms with Gasteiger partial charge in [-0.3, -0.25) is 9.80 Å². The highest BCUT2D eigenvalue weighted by molar-refractivity contribution is 5.44. The van der Waals surface area contributed by atoms with Crippen LogP contribution in [0.15, 0.2) is 18.2 Å². The summed E-state index contributed by atoms with van der Waals surface area (Å²) in [5.74, 6) is 3.25. The fourth-order valence-electron chi connectivity index (χ4n) is 3.55. The Morgan fingerprint density at radius 2 is 1.82 bits per heavy atom. The van der Waals surface area contributed by atoms with Crippen molar-refractivity contribution in [3.8, 4) is 11.5 Å². The van der Waals surface area contributed by atoms with Crippen LogP contribution >= 0.6 is 0 Å². The van der Waals surface area contributed by atoms with E-state index in [0.29, 0.717) is 12.7 Å². The molecule has 1 fully saturated rings. The number of piperazine rings is 1. The Kier molecular flexibility index (Phi) is 5.19. The lowest BCUT2D eigenvalue weighted by molar-refractivity contribution is 0.0947. The average molecular weight is 385 g/mol. The number of hydrogen-bond acceptors (Lipinski definition) is 9. The van der Waals surface area contributed by atoms with Crippen molar-refractivity contribution in [2.24, 2.45) is 0 Å². The number of ether oxygens (including phenoxy) is 2. The van der Waals surface area contributed by atoms with Crippen LogP contribution in [0, 0.1) is 0 Å². The molecule has 2 aromatic rings. The molecule has 0 unspecified atom stereocenters. The number of nitrogens with two attached hydrogens (primary N) is 1. The minimum Gasteiger partial charge on any atom is -0.454 e. The van der Waals surface area contributed by atoms with Crippen LogP contribution in [-0.2, 0) is 6.54 Å². The lowest BCUT2D eigenvalue weighted by atomic mass is 10.1. The van der Waals surface area contributed by atoms with Crippen LogP contribution < -0.4 is 20.1 Å². The first-order chi connectivity index (χ1) is 13.5. The zero-order valence-corrected chi connectivity index (χ0v) is 16.6. The van der Waals surface area contributed by atoms with Crippen molar-refractivity contribution in [3.05, 3.63) is 29.6 Å². The molecule has 2 N–H and O–H groups in total. The van der Waals surface area contributed by atoms with E-state index in [1.807, 2.05) is 25.1 Å². The van der Waals surface area contributed by atoms with Gasteiger partial charge in [0.2, 0.25) is 18.7 Å². The average Bonchev–Trinajstić information content (AvgIpc) is 3.15. The number of benzene rings is 1. The summed E-state index contributed by atoms with van der Waals surface area (Å²) in [4.78, 5) is 19.8. The van der Waals surface area contributed by atoms with Crippen molar-refractivity contribution in [3.63, 3.8) is 0 Å². The molecule has 9 heteroatoms. The molecule has 0 bridgehead atoms. The Labute approximate surface area is 165 Å². The van der Waals surface area contributed by atoms with E-state index in [0.717, 1.165) is 50.0 Å². The van der Waals surface area contributed by atoms with Crippen LogP contribution in [-0.4, -0.2) is 71.8 Å². The standard InChI is InChI=1S/C19H27N7O2/c1-13(17-21-18(20)23-19(22-17)24(2)3)26-8-6-25(7-9-26)11-14-4-5-15-16(10-14)28-12-27-15/h4-5,10,13H,6-9,11-12H2,1-3H3,(H2,20,21,22,23)/t13-/m1/s1. The van der Waals surface area contributed by atoms with Crippen molar-refractivity contribution in [2.45, 2.75) is 19.5 Å². The van der Waals surface area contributed by atoms with Crippen LogP contribution in [0.25, 0.3) is 0 Å². The third-order valence-electron chi connectivity index (χ3n) is 5.23. The number of nitrogen functional groups attached to an aromatic ring is 1. The third-order valence-corrected chi connectivity index (χ3v) is 5.23. The number of hydrogen-bond donors (Lipinski definition) is 1. The Morgan fingerprint density at radius 3 is 2.57 bits per heavy atom. The van der Waals surface area contributed by atoms with Gasteiger partial charge in [-0.1, -0.05) is 6.07 Å². The van der Waals surface area contributed by atoms with E-state index in [9.17, 15) is 0 Å². The molecule has 1 aromatic heterocycles. The van der Waals surface area contributed by atoms with Crippen molar-refractivity contribution < 1.29 is 9.47 Å². The van der Waals surface area contributed by atoms with Gasteiger partial charge in [0.1, 0.15) is 0 Å². The first-order valence-electron chi connectivity index (χ1n) is 9.53. The largest absolute Gasteiger partial charge is 0.454 e. The van der Waals surface area contributed by atoms with Crippen LogP contribution in [0.3, 0.4) is 0 Å². The number of nitrogens with zero attached hydrogens (tertiary/aromatic N) is 6. The van der Waals surface area contributed by atoms with Crippen LogP contribution in [0.5, 0.6) is 11.5 Å². The van der Waals surface area contributed by atoms with Gasteiger partial charge in [-0.05, 0) is 24.6 Å². The summed E-state index contributed by atoms with van der Waals surface area (Å²) in [5, 5.41) is 0. The van der Waals surface area contributed by atoms with Gasteiger partial charge < -0.3 is 20.1 Å². The summed E-state index contributed by atoms with van der Waals surface area (Å²) >= 11 is 0. The summed E-state index contributed by atoms with van der Waals surface area (Å²) in [7, 11) is 3.80. The summed E-state index contributed by atoms with van der Waals surface area (Å²) in [5.41, 5.74) is 7.12. The second kappa shape index (κ2) is 7.76. The lowest BCUT2D eigenvalue weighted by Crippen LogP contribution is -2.47. The number of anilines is 2. The molecule has 9 nitrogen and oxygen atoms in total. The molecule has 1 atom stereocenters. The Balaban J connectivity index is 1.36. The maximum atomic E-state index is 5.88. The Morgan fingerprint density at radius 1 is 1.07 bits per heavy atom. The normalized spacial score (nSPS) is 18.2. The molecule has 3 heterocycles. The van der Waals surface area contributed by atoms with Gasteiger partial charge >= 0.3 is 0 Å². The fourth-order valence-corrected chi connectivity index (χ4v) is 3.55. The molecule has 0 spiro atoms. The first kappa shape index (κ1) is 18.7. The number of fused-ring (bicyclic) bond motifs is 1. The molecule has 28 heavy (non-hydrogen) atoms. The highest BCUT2D eigenvalue weighted by atomic mass is 16.7. The number of aromatic nitrogens is 3. The second-order valence-corrected chi connectivity index (χ2v) is 7.42. The van der Waals surface area contributed by atoms with E-state index in [4.69, 9.17) is 15.2 Å². The van der Waals surface area contributed by atoms with E-state index in [2.05, 4.69) is 43.8 Å². The fraction of sp³-hybridized carbons (Fsp3) is 0.526. The molecule has 4 rings (SSSR count). The Hall–Kier alpha value is -2.65. The predicted molar refractivity (Wildman–Crippen MR) is 106 cm³/mol. The minimum atomic E-state index is 0.0942. The predicted octanol–water partition coefficient (Wildman–Crippen LogP) is 1.13. The van der Waals surface area contributed by atoms with Crippen molar-refractivity contribution >= 4 is 11.9 Å². The maximum Gasteiger partial charge on any atom is 0.231 e. The molecule has 2 aliphatic rings. The molecule has 2 aliphatic heterocycles. The molecule has 0 aliphatic carbocycles.